The maximum absolute atomic E-state index is 10.1. The highest BCUT2D eigenvalue weighted by molar-refractivity contribution is 5.45. The molecule has 5 nitrogen and oxygen atoms in total. The van der Waals surface area contributed by atoms with Gasteiger partial charge >= 0.3 is 0 Å². The van der Waals surface area contributed by atoms with Crippen LogP contribution in [0.4, 0.5) is 0 Å². The molecule has 1 aromatic carbocycles. The molecule has 1 unspecified atom stereocenters. The van der Waals surface area contributed by atoms with Gasteiger partial charge in [0.1, 0.15) is 5.60 Å². The summed E-state index contributed by atoms with van der Waals surface area (Å²) in [6.07, 6.45) is 0.644. The fourth-order valence-corrected chi connectivity index (χ4v) is 2.15. The third-order valence-electron chi connectivity index (χ3n) is 3.23. The molecular formula is C14H21NO4. The van der Waals surface area contributed by atoms with Gasteiger partial charge in [0.05, 0.1) is 13.2 Å². The standard InChI is InChI=1S/C14H21NO4/c1-2-19-12-5-3-4-11(13(12)16)8-15-9-14(17)6-7-18-10-14/h3-5,15-17H,2,6-10H2,1H3. The number of aromatic hydroxyl groups is 1. The van der Waals surface area contributed by atoms with Crippen LogP contribution >= 0.6 is 0 Å². The molecule has 0 aromatic heterocycles. The molecule has 0 saturated carbocycles. The second kappa shape index (κ2) is 6.23. The molecule has 2 rings (SSSR count). The van der Waals surface area contributed by atoms with Crippen LogP contribution in [0.25, 0.3) is 0 Å². The molecule has 0 radical (unpaired) electrons. The van der Waals surface area contributed by atoms with Crippen molar-refractivity contribution >= 4 is 0 Å². The van der Waals surface area contributed by atoms with Crippen LogP contribution in [0.2, 0.25) is 0 Å². The summed E-state index contributed by atoms with van der Waals surface area (Å²) in [7, 11) is 0. The minimum atomic E-state index is -0.785. The van der Waals surface area contributed by atoms with Crippen molar-refractivity contribution in [3.8, 4) is 11.5 Å². The van der Waals surface area contributed by atoms with Crippen LogP contribution in [0.3, 0.4) is 0 Å². The van der Waals surface area contributed by atoms with Crippen LogP contribution in [-0.4, -0.2) is 42.2 Å². The first-order valence-corrected chi connectivity index (χ1v) is 6.59. The van der Waals surface area contributed by atoms with Gasteiger partial charge in [0.15, 0.2) is 11.5 Å². The first-order valence-electron chi connectivity index (χ1n) is 6.59. The Kier molecular flexibility index (Phi) is 4.63. The largest absolute Gasteiger partial charge is 0.504 e. The second-order valence-corrected chi connectivity index (χ2v) is 4.83. The molecule has 1 aliphatic rings. The molecule has 1 aromatic rings. The third-order valence-corrected chi connectivity index (χ3v) is 3.23. The summed E-state index contributed by atoms with van der Waals surface area (Å²) in [6, 6.07) is 5.41. The van der Waals surface area contributed by atoms with Gasteiger partial charge in [0, 0.05) is 31.7 Å². The maximum atomic E-state index is 10.1. The molecule has 0 bridgehead atoms. The predicted octanol–water partition coefficient (Wildman–Crippen LogP) is 1.03. The van der Waals surface area contributed by atoms with E-state index in [1.807, 2.05) is 19.1 Å². The average Bonchev–Trinajstić information content (AvgIpc) is 2.81. The molecule has 19 heavy (non-hydrogen) atoms. The van der Waals surface area contributed by atoms with E-state index in [4.69, 9.17) is 9.47 Å². The monoisotopic (exact) mass is 267 g/mol. The van der Waals surface area contributed by atoms with Crippen molar-refractivity contribution in [3.63, 3.8) is 0 Å². The van der Waals surface area contributed by atoms with Crippen LogP contribution in [-0.2, 0) is 11.3 Å². The van der Waals surface area contributed by atoms with Crippen molar-refractivity contribution in [1.82, 2.24) is 5.32 Å². The smallest absolute Gasteiger partial charge is 0.162 e. The molecule has 1 heterocycles. The van der Waals surface area contributed by atoms with Gasteiger partial charge in [-0.15, -0.1) is 0 Å². The maximum Gasteiger partial charge on any atom is 0.162 e. The average molecular weight is 267 g/mol. The molecule has 0 spiro atoms. The number of phenols is 1. The summed E-state index contributed by atoms with van der Waals surface area (Å²) >= 11 is 0. The zero-order valence-electron chi connectivity index (χ0n) is 11.2. The number of aliphatic hydroxyl groups is 1. The van der Waals surface area contributed by atoms with E-state index in [2.05, 4.69) is 5.32 Å². The summed E-state index contributed by atoms with van der Waals surface area (Å²) in [5, 5.41) is 23.3. The highest BCUT2D eigenvalue weighted by Gasteiger charge is 2.31. The van der Waals surface area contributed by atoms with Gasteiger partial charge in [-0.2, -0.15) is 0 Å². The fraction of sp³-hybridized carbons (Fsp3) is 0.571. The predicted molar refractivity (Wildman–Crippen MR) is 71.4 cm³/mol. The highest BCUT2D eigenvalue weighted by Crippen LogP contribution is 2.29. The van der Waals surface area contributed by atoms with Gasteiger partial charge in [0.25, 0.3) is 0 Å². The number of ether oxygens (including phenoxy) is 2. The lowest BCUT2D eigenvalue weighted by molar-refractivity contribution is 0.0268. The third kappa shape index (κ3) is 3.59. The number of para-hydroxylation sites is 1. The normalized spacial score (nSPS) is 22.6. The van der Waals surface area contributed by atoms with Crippen molar-refractivity contribution in [1.29, 1.82) is 0 Å². The van der Waals surface area contributed by atoms with E-state index in [0.29, 0.717) is 45.1 Å². The molecule has 0 aliphatic carbocycles. The SMILES string of the molecule is CCOc1cccc(CNCC2(O)CCOC2)c1O. The Morgan fingerprint density at radius 2 is 2.32 bits per heavy atom. The molecule has 1 aliphatic heterocycles. The lowest BCUT2D eigenvalue weighted by Gasteiger charge is -2.21. The van der Waals surface area contributed by atoms with Crippen LogP contribution in [0.15, 0.2) is 18.2 Å². The summed E-state index contributed by atoms with van der Waals surface area (Å²) in [5.41, 5.74) is -0.0267. The molecule has 1 fully saturated rings. The van der Waals surface area contributed by atoms with Gasteiger partial charge in [-0.25, -0.2) is 0 Å². The van der Waals surface area contributed by atoms with Gasteiger partial charge in [-0.3, -0.25) is 0 Å². The summed E-state index contributed by atoms with van der Waals surface area (Å²) in [6.45, 7) is 4.29. The van der Waals surface area contributed by atoms with Crippen molar-refractivity contribution < 1.29 is 19.7 Å². The molecule has 1 saturated heterocycles. The topological polar surface area (TPSA) is 71.0 Å². The van der Waals surface area contributed by atoms with Crippen molar-refractivity contribution in [2.45, 2.75) is 25.5 Å². The Morgan fingerprint density at radius 3 is 3.00 bits per heavy atom. The summed E-state index contributed by atoms with van der Waals surface area (Å²) in [5.74, 6) is 0.649. The fourth-order valence-electron chi connectivity index (χ4n) is 2.15. The number of hydrogen-bond acceptors (Lipinski definition) is 5. The Hall–Kier alpha value is -1.30. The van der Waals surface area contributed by atoms with E-state index >= 15 is 0 Å². The Morgan fingerprint density at radius 1 is 1.47 bits per heavy atom. The Labute approximate surface area is 113 Å². The number of benzene rings is 1. The lowest BCUT2D eigenvalue weighted by Crippen LogP contribution is -2.40. The molecule has 106 valence electrons. The van der Waals surface area contributed by atoms with Crippen LogP contribution in [0.5, 0.6) is 11.5 Å². The zero-order valence-corrected chi connectivity index (χ0v) is 11.2. The first-order chi connectivity index (χ1) is 9.14. The van der Waals surface area contributed by atoms with Crippen molar-refractivity contribution in [2.24, 2.45) is 0 Å². The van der Waals surface area contributed by atoms with E-state index in [-0.39, 0.29) is 5.75 Å². The molecule has 5 heteroatoms. The molecule has 3 N–H and O–H groups in total. The second-order valence-electron chi connectivity index (χ2n) is 4.83. The number of rotatable bonds is 6. The minimum absolute atomic E-state index is 0.159. The highest BCUT2D eigenvalue weighted by atomic mass is 16.5. The molecule has 1 atom stereocenters. The molecule has 0 amide bonds. The van der Waals surface area contributed by atoms with E-state index in [1.54, 1.807) is 6.07 Å². The first kappa shape index (κ1) is 14.1. The summed E-state index contributed by atoms with van der Waals surface area (Å²) in [4.78, 5) is 0. The number of phenolic OH excluding ortho intramolecular Hbond substituents is 1. The van der Waals surface area contributed by atoms with Gasteiger partial charge in [0.2, 0.25) is 0 Å². The van der Waals surface area contributed by atoms with E-state index in [0.717, 1.165) is 5.56 Å². The Bertz CT molecular complexity index is 416. The van der Waals surface area contributed by atoms with Crippen molar-refractivity contribution in [3.05, 3.63) is 23.8 Å². The zero-order chi connectivity index (χ0) is 13.7. The molecular weight excluding hydrogens is 246 g/mol. The van der Waals surface area contributed by atoms with Crippen LogP contribution < -0.4 is 10.1 Å². The lowest BCUT2D eigenvalue weighted by atomic mass is 10.0. The van der Waals surface area contributed by atoms with Gasteiger partial charge < -0.3 is 25.0 Å². The quantitative estimate of drug-likeness (QED) is 0.718. The van der Waals surface area contributed by atoms with Crippen LogP contribution in [0, 0.1) is 0 Å². The number of hydrogen-bond donors (Lipinski definition) is 3. The number of nitrogens with one attached hydrogen (secondary N) is 1. The summed E-state index contributed by atoms with van der Waals surface area (Å²) < 4.78 is 10.5. The minimum Gasteiger partial charge on any atom is -0.504 e. The van der Waals surface area contributed by atoms with Crippen LogP contribution in [0.1, 0.15) is 18.9 Å². The van der Waals surface area contributed by atoms with Gasteiger partial charge in [-0.1, -0.05) is 12.1 Å². The van der Waals surface area contributed by atoms with E-state index in [9.17, 15) is 10.2 Å². The van der Waals surface area contributed by atoms with Gasteiger partial charge in [-0.05, 0) is 13.0 Å². The van der Waals surface area contributed by atoms with Crippen molar-refractivity contribution in [2.75, 3.05) is 26.4 Å². The Balaban J connectivity index is 1.90. The van der Waals surface area contributed by atoms with E-state index in [1.165, 1.54) is 0 Å². The van der Waals surface area contributed by atoms with E-state index < -0.39 is 5.60 Å².